The van der Waals surface area contributed by atoms with Gasteiger partial charge >= 0.3 is 0 Å². The number of hydrogen-bond donors (Lipinski definition) is 0. The zero-order valence-electron chi connectivity index (χ0n) is 15.5. The molecule has 1 saturated heterocycles. The van der Waals surface area contributed by atoms with E-state index in [1.54, 1.807) is 11.8 Å². The van der Waals surface area contributed by atoms with Gasteiger partial charge in [-0.15, -0.1) is 16.8 Å². The Morgan fingerprint density at radius 3 is 2.80 bits per heavy atom. The monoisotopic (exact) mass is 364 g/mol. The van der Waals surface area contributed by atoms with E-state index in [1.807, 2.05) is 6.08 Å². The molecule has 1 aromatic heterocycles. The molecule has 2 aliphatic rings. The van der Waals surface area contributed by atoms with Gasteiger partial charge in [-0.1, -0.05) is 37.1 Å². The van der Waals surface area contributed by atoms with E-state index in [4.69, 9.17) is 4.74 Å². The third-order valence-corrected chi connectivity index (χ3v) is 6.33. The van der Waals surface area contributed by atoms with Crippen LogP contribution < -0.4 is 0 Å². The van der Waals surface area contributed by atoms with Crippen molar-refractivity contribution in [2.45, 2.75) is 69.3 Å². The quantitative estimate of drug-likeness (QED) is 0.493. The van der Waals surface area contributed by atoms with Crippen molar-refractivity contribution in [1.82, 2.24) is 19.7 Å². The molecule has 0 aromatic carbocycles. The van der Waals surface area contributed by atoms with Gasteiger partial charge in [0.25, 0.3) is 0 Å². The highest BCUT2D eigenvalue weighted by molar-refractivity contribution is 7.99. The average Bonchev–Trinajstić information content (AvgIpc) is 3.25. The maximum Gasteiger partial charge on any atom is 0.191 e. The van der Waals surface area contributed by atoms with Crippen LogP contribution >= 0.6 is 11.8 Å². The molecule has 2 heterocycles. The summed E-state index contributed by atoms with van der Waals surface area (Å²) in [5, 5.41) is 9.91. The first-order chi connectivity index (χ1) is 12.3. The predicted octanol–water partition coefficient (Wildman–Crippen LogP) is 3.75. The number of allylic oxidation sites excluding steroid dienone is 1. The summed E-state index contributed by atoms with van der Waals surface area (Å²) in [5.41, 5.74) is 0. The van der Waals surface area contributed by atoms with Gasteiger partial charge in [0.1, 0.15) is 5.82 Å². The van der Waals surface area contributed by atoms with Gasteiger partial charge in [-0.05, 0) is 38.6 Å². The van der Waals surface area contributed by atoms with Gasteiger partial charge in [0.15, 0.2) is 5.16 Å². The van der Waals surface area contributed by atoms with E-state index in [9.17, 15) is 0 Å². The van der Waals surface area contributed by atoms with Crippen LogP contribution in [-0.4, -0.2) is 51.7 Å². The van der Waals surface area contributed by atoms with Crippen LogP contribution in [0, 0.1) is 5.92 Å². The van der Waals surface area contributed by atoms with Crippen LogP contribution in [0.4, 0.5) is 0 Å². The molecule has 0 amide bonds. The molecule has 0 spiro atoms. The van der Waals surface area contributed by atoms with Crippen molar-refractivity contribution in [2.75, 3.05) is 26.0 Å². The predicted molar refractivity (Wildman–Crippen MR) is 103 cm³/mol. The smallest absolute Gasteiger partial charge is 0.191 e. The van der Waals surface area contributed by atoms with Gasteiger partial charge in [0, 0.05) is 25.4 Å². The lowest BCUT2D eigenvalue weighted by Gasteiger charge is -2.26. The summed E-state index contributed by atoms with van der Waals surface area (Å²) >= 11 is 1.77. The zero-order chi connectivity index (χ0) is 17.5. The first kappa shape index (κ1) is 18.9. The van der Waals surface area contributed by atoms with E-state index in [-0.39, 0.29) is 0 Å². The molecule has 0 unspecified atom stereocenters. The van der Waals surface area contributed by atoms with Crippen LogP contribution in [0.1, 0.15) is 50.8 Å². The van der Waals surface area contributed by atoms with Crippen molar-refractivity contribution in [3.8, 4) is 0 Å². The van der Waals surface area contributed by atoms with Crippen molar-refractivity contribution in [2.24, 2.45) is 5.92 Å². The number of aromatic nitrogens is 3. The first-order valence-electron chi connectivity index (χ1n) is 9.72. The van der Waals surface area contributed by atoms with Crippen LogP contribution in [0.5, 0.6) is 0 Å². The Hall–Kier alpha value is -0.850. The maximum absolute atomic E-state index is 5.72. The summed E-state index contributed by atoms with van der Waals surface area (Å²) in [4.78, 5) is 2.41. The highest BCUT2D eigenvalue weighted by Crippen LogP contribution is 2.26. The first-order valence-corrected chi connectivity index (χ1v) is 10.7. The summed E-state index contributed by atoms with van der Waals surface area (Å²) < 4.78 is 7.94. The number of ether oxygens (including phenoxy) is 1. The molecule has 6 heteroatoms. The average molecular weight is 365 g/mol. The van der Waals surface area contributed by atoms with Crippen molar-refractivity contribution in [1.29, 1.82) is 0 Å². The summed E-state index contributed by atoms with van der Waals surface area (Å²) in [6, 6.07) is 0. The van der Waals surface area contributed by atoms with Gasteiger partial charge in [0.05, 0.1) is 12.6 Å². The Bertz CT molecular complexity index is 536. The molecule has 1 aromatic rings. The minimum atomic E-state index is 0.372. The molecule has 1 saturated carbocycles. The maximum atomic E-state index is 5.72. The summed E-state index contributed by atoms with van der Waals surface area (Å²) in [6.07, 6.45) is 11.6. The number of rotatable bonds is 9. The summed E-state index contributed by atoms with van der Waals surface area (Å²) in [5.74, 6) is 2.86. The Morgan fingerprint density at radius 1 is 1.24 bits per heavy atom. The Balaban J connectivity index is 1.56. The molecule has 0 radical (unpaired) electrons. The third kappa shape index (κ3) is 5.56. The molecule has 0 bridgehead atoms. The Labute approximate surface area is 156 Å². The van der Waals surface area contributed by atoms with Gasteiger partial charge in [0.2, 0.25) is 0 Å². The van der Waals surface area contributed by atoms with Crippen LogP contribution in [0.25, 0.3) is 0 Å². The molecule has 2 fully saturated rings. The van der Waals surface area contributed by atoms with E-state index < -0.39 is 0 Å². The fourth-order valence-corrected chi connectivity index (χ4v) is 4.95. The van der Waals surface area contributed by atoms with E-state index >= 15 is 0 Å². The second kappa shape index (κ2) is 9.74. The molecule has 0 N–H and O–H groups in total. The Kier molecular flexibility index (Phi) is 7.37. The van der Waals surface area contributed by atoms with Gasteiger partial charge in [-0.3, -0.25) is 4.90 Å². The molecule has 5 nitrogen and oxygen atoms in total. The lowest BCUT2D eigenvalue weighted by molar-refractivity contribution is 0.129. The van der Waals surface area contributed by atoms with E-state index in [1.165, 1.54) is 51.5 Å². The zero-order valence-corrected chi connectivity index (χ0v) is 16.3. The molecular weight excluding hydrogens is 332 g/mol. The Morgan fingerprint density at radius 2 is 2.08 bits per heavy atom. The minimum absolute atomic E-state index is 0.372. The van der Waals surface area contributed by atoms with Gasteiger partial charge < -0.3 is 9.30 Å². The van der Waals surface area contributed by atoms with Gasteiger partial charge in [-0.25, -0.2) is 0 Å². The lowest BCUT2D eigenvalue weighted by Crippen LogP contribution is -2.28. The SMILES string of the molecule is C=CCn1c(CN(C)CC2CCCCC2)nnc1SC[C@H]1CCCO1. The van der Waals surface area contributed by atoms with Crippen LogP contribution in [-0.2, 0) is 17.8 Å². The highest BCUT2D eigenvalue weighted by Gasteiger charge is 2.20. The number of hydrogen-bond acceptors (Lipinski definition) is 5. The van der Waals surface area contributed by atoms with Crippen LogP contribution in [0.2, 0.25) is 0 Å². The molecule has 25 heavy (non-hydrogen) atoms. The van der Waals surface area contributed by atoms with E-state index in [0.717, 1.165) is 42.3 Å². The molecule has 3 rings (SSSR count). The largest absolute Gasteiger partial charge is 0.377 e. The third-order valence-electron chi connectivity index (χ3n) is 5.23. The fourth-order valence-electron chi connectivity index (χ4n) is 3.91. The van der Waals surface area contributed by atoms with E-state index in [2.05, 4.69) is 33.3 Å². The second-order valence-electron chi connectivity index (χ2n) is 7.44. The van der Waals surface area contributed by atoms with Crippen molar-refractivity contribution in [3.05, 3.63) is 18.5 Å². The minimum Gasteiger partial charge on any atom is -0.377 e. The lowest BCUT2D eigenvalue weighted by atomic mass is 9.89. The number of thioether (sulfide) groups is 1. The summed E-state index contributed by atoms with van der Waals surface area (Å²) in [7, 11) is 2.21. The van der Waals surface area contributed by atoms with Crippen molar-refractivity contribution >= 4 is 11.8 Å². The fraction of sp³-hybridized carbons (Fsp3) is 0.789. The molecule has 1 aliphatic heterocycles. The summed E-state index contributed by atoms with van der Waals surface area (Å²) in [6.45, 7) is 7.60. The van der Waals surface area contributed by atoms with Crippen molar-refractivity contribution in [3.63, 3.8) is 0 Å². The molecule has 140 valence electrons. The van der Waals surface area contributed by atoms with E-state index in [0.29, 0.717) is 6.10 Å². The normalized spacial score (nSPS) is 21.9. The van der Waals surface area contributed by atoms with Crippen molar-refractivity contribution < 1.29 is 4.74 Å². The van der Waals surface area contributed by atoms with Crippen LogP contribution in [0.3, 0.4) is 0 Å². The molecular formula is C19H32N4OS. The van der Waals surface area contributed by atoms with Gasteiger partial charge in [-0.2, -0.15) is 0 Å². The van der Waals surface area contributed by atoms with Crippen LogP contribution in [0.15, 0.2) is 17.8 Å². The topological polar surface area (TPSA) is 43.2 Å². The molecule has 1 atom stereocenters. The number of nitrogens with zero attached hydrogens (tertiary/aromatic N) is 4. The second-order valence-corrected chi connectivity index (χ2v) is 8.43. The highest BCUT2D eigenvalue weighted by atomic mass is 32.2. The molecule has 1 aliphatic carbocycles. The standard InChI is InChI=1S/C19H32N4OS/c1-3-11-23-18(14-22(2)13-16-8-5-4-6-9-16)20-21-19(23)25-15-17-10-7-12-24-17/h3,16-17H,1,4-15H2,2H3/t17-/m1/s1.